The average molecular weight is 427 g/mol. The van der Waals surface area contributed by atoms with E-state index < -0.39 is 0 Å². The first kappa shape index (κ1) is 21.5. The first-order valence-corrected chi connectivity index (χ1v) is 12.2. The van der Waals surface area contributed by atoms with Crippen LogP contribution < -0.4 is 0 Å². The molecule has 0 saturated carbocycles. The Labute approximate surface area is 184 Å². The zero-order valence-electron chi connectivity index (χ0n) is 18.3. The van der Waals surface area contributed by atoms with Crippen molar-refractivity contribution in [2.24, 2.45) is 5.92 Å². The van der Waals surface area contributed by atoms with E-state index in [1.165, 1.54) is 48.1 Å². The Hall–Kier alpha value is -1.76. The van der Waals surface area contributed by atoms with Crippen molar-refractivity contribution in [3.63, 3.8) is 0 Å². The van der Waals surface area contributed by atoms with Gasteiger partial charge in [-0.1, -0.05) is 24.3 Å². The fraction of sp³-hybridized carbons (Fsp3) is 0.583. The summed E-state index contributed by atoms with van der Waals surface area (Å²) in [6.07, 6.45) is 5.75. The Kier molecular flexibility index (Phi) is 7.18. The summed E-state index contributed by atoms with van der Waals surface area (Å²) < 4.78 is 0. The molecular formula is C24H34N4OS. The fourth-order valence-electron chi connectivity index (χ4n) is 4.94. The Bertz CT molecular complexity index is 789. The molecule has 0 radical (unpaired) electrons. The average Bonchev–Trinajstić information content (AvgIpc) is 3.42. The molecular weight excluding hydrogens is 392 g/mol. The predicted octanol–water partition coefficient (Wildman–Crippen LogP) is 3.42. The Morgan fingerprint density at radius 3 is 2.43 bits per heavy atom. The Morgan fingerprint density at radius 1 is 1.13 bits per heavy atom. The van der Waals surface area contributed by atoms with E-state index in [1.54, 1.807) is 5.51 Å². The number of benzene rings is 1. The summed E-state index contributed by atoms with van der Waals surface area (Å²) in [5, 5.41) is 1.88. The maximum atomic E-state index is 13.0. The third-order valence-corrected chi connectivity index (χ3v) is 7.23. The van der Waals surface area contributed by atoms with Crippen LogP contribution in [-0.2, 0) is 12.8 Å². The molecule has 0 bridgehead atoms. The minimum absolute atomic E-state index is 0.101. The lowest BCUT2D eigenvalue weighted by Crippen LogP contribution is -2.45. The molecule has 2 aromatic rings. The van der Waals surface area contributed by atoms with Crippen LogP contribution in [0.3, 0.4) is 0 Å². The molecule has 0 atom stereocenters. The molecule has 1 fully saturated rings. The number of hydrogen-bond donors (Lipinski definition) is 0. The molecule has 1 aromatic heterocycles. The first-order chi connectivity index (χ1) is 14.6. The van der Waals surface area contributed by atoms with Crippen LogP contribution in [0.1, 0.15) is 40.9 Å². The van der Waals surface area contributed by atoms with E-state index in [9.17, 15) is 4.79 Å². The number of carbonyl (C=O) groups is 1. The molecule has 5 nitrogen and oxygen atoms in total. The Morgan fingerprint density at radius 2 is 1.83 bits per heavy atom. The van der Waals surface area contributed by atoms with E-state index in [4.69, 9.17) is 0 Å². The number of fused-ring (bicyclic) bond motifs is 1. The number of hydrogen-bond acceptors (Lipinski definition) is 5. The standard InChI is InChI=1S/C24H34N4OS/c1-26(2)10-5-11-28(24(29)23-17-30-18-25-23)16-19-8-12-27(13-9-19)22-14-20-6-3-4-7-21(20)15-22/h3-4,6-7,17-19,22H,5,8-16H2,1-2H3. The first-order valence-electron chi connectivity index (χ1n) is 11.2. The van der Waals surface area contributed by atoms with Gasteiger partial charge in [-0.2, -0.15) is 0 Å². The van der Waals surface area contributed by atoms with Crippen LogP contribution >= 0.6 is 11.3 Å². The zero-order valence-corrected chi connectivity index (χ0v) is 19.1. The third kappa shape index (κ3) is 5.29. The maximum Gasteiger partial charge on any atom is 0.273 e. The highest BCUT2D eigenvalue weighted by atomic mass is 32.1. The number of amides is 1. The van der Waals surface area contributed by atoms with Crippen LogP contribution in [-0.4, -0.2) is 78.5 Å². The normalized spacial score (nSPS) is 18.1. The minimum Gasteiger partial charge on any atom is -0.337 e. The van der Waals surface area contributed by atoms with Gasteiger partial charge in [0.2, 0.25) is 0 Å². The molecule has 2 heterocycles. The van der Waals surface area contributed by atoms with Crippen molar-refractivity contribution in [1.82, 2.24) is 19.7 Å². The smallest absolute Gasteiger partial charge is 0.273 e. The summed E-state index contributed by atoms with van der Waals surface area (Å²) in [4.78, 5) is 24.2. The van der Waals surface area contributed by atoms with Crippen LogP contribution in [0.2, 0.25) is 0 Å². The van der Waals surface area contributed by atoms with Gasteiger partial charge in [-0.05, 0) is 82.9 Å². The molecule has 2 aliphatic rings. The lowest BCUT2D eigenvalue weighted by molar-refractivity contribution is 0.0656. The zero-order chi connectivity index (χ0) is 20.9. The molecule has 6 heteroatoms. The minimum atomic E-state index is 0.101. The lowest BCUT2D eigenvalue weighted by atomic mass is 9.94. The molecule has 1 aromatic carbocycles. The van der Waals surface area contributed by atoms with Gasteiger partial charge in [0.25, 0.3) is 5.91 Å². The molecule has 0 spiro atoms. The summed E-state index contributed by atoms with van der Waals surface area (Å²) in [6.45, 7) is 4.98. The largest absolute Gasteiger partial charge is 0.337 e. The summed E-state index contributed by atoms with van der Waals surface area (Å²) in [6, 6.07) is 9.57. The molecule has 1 aliphatic carbocycles. The number of aromatic nitrogens is 1. The van der Waals surface area contributed by atoms with E-state index in [1.807, 2.05) is 5.38 Å². The molecule has 1 amide bonds. The van der Waals surface area contributed by atoms with E-state index >= 15 is 0 Å². The molecule has 0 unspecified atom stereocenters. The highest BCUT2D eigenvalue weighted by Crippen LogP contribution is 2.29. The number of rotatable bonds is 8. The SMILES string of the molecule is CN(C)CCCN(CC1CCN(C2Cc3ccccc3C2)CC1)C(=O)c1cscn1. The fourth-order valence-corrected chi connectivity index (χ4v) is 5.47. The monoisotopic (exact) mass is 426 g/mol. The topological polar surface area (TPSA) is 39.7 Å². The number of likely N-dealkylation sites (tertiary alicyclic amines) is 1. The van der Waals surface area contributed by atoms with Gasteiger partial charge < -0.3 is 9.80 Å². The molecule has 4 rings (SSSR count). The molecule has 1 saturated heterocycles. The van der Waals surface area contributed by atoms with Crippen LogP contribution in [0, 0.1) is 5.92 Å². The van der Waals surface area contributed by atoms with Gasteiger partial charge in [0.1, 0.15) is 5.69 Å². The highest BCUT2D eigenvalue weighted by molar-refractivity contribution is 7.07. The molecule has 1 aliphatic heterocycles. The summed E-state index contributed by atoms with van der Waals surface area (Å²) >= 11 is 1.50. The van der Waals surface area contributed by atoms with Crippen molar-refractivity contribution in [1.29, 1.82) is 0 Å². The van der Waals surface area contributed by atoms with Gasteiger partial charge in [-0.3, -0.25) is 9.69 Å². The van der Waals surface area contributed by atoms with Crippen LogP contribution in [0.4, 0.5) is 0 Å². The summed E-state index contributed by atoms with van der Waals surface area (Å²) in [7, 11) is 4.17. The van der Waals surface area contributed by atoms with Crippen molar-refractivity contribution < 1.29 is 4.79 Å². The molecule has 30 heavy (non-hydrogen) atoms. The third-order valence-electron chi connectivity index (χ3n) is 6.65. The van der Waals surface area contributed by atoms with Gasteiger partial charge >= 0.3 is 0 Å². The number of piperidine rings is 1. The van der Waals surface area contributed by atoms with Crippen LogP contribution in [0.5, 0.6) is 0 Å². The summed E-state index contributed by atoms with van der Waals surface area (Å²) in [5.74, 6) is 0.690. The second kappa shape index (κ2) is 10.0. The van der Waals surface area contributed by atoms with E-state index in [0.29, 0.717) is 17.7 Å². The Balaban J connectivity index is 1.30. The number of carbonyl (C=O) groups excluding carboxylic acids is 1. The highest BCUT2D eigenvalue weighted by Gasteiger charge is 2.31. The number of nitrogens with zero attached hydrogens (tertiary/aromatic N) is 4. The van der Waals surface area contributed by atoms with Crippen LogP contribution in [0.25, 0.3) is 0 Å². The maximum absolute atomic E-state index is 13.0. The van der Waals surface area contributed by atoms with Gasteiger partial charge in [-0.15, -0.1) is 11.3 Å². The quantitative estimate of drug-likeness (QED) is 0.649. The van der Waals surface area contributed by atoms with E-state index in [-0.39, 0.29) is 5.91 Å². The summed E-state index contributed by atoms with van der Waals surface area (Å²) in [5.41, 5.74) is 5.42. The van der Waals surface area contributed by atoms with Gasteiger partial charge in [-0.25, -0.2) is 4.98 Å². The van der Waals surface area contributed by atoms with Crippen molar-refractivity contribution in [2.75, 3.05) is 46.8 Å². The van der Waals surface area contributed by atoms with Crippen molar-refractivity contribution in [2.45, 2.75) is 38.1 Å². The van der Waals surface area contributed by atoms with E-state index in [2.05, 4.69) is 58.0 Å². The van der Waals surface area contributed by atoms with Crippen LogP contribution in [0.15, 0.2) is 35.2 Å². The molecule has 162 valence electrons. The lowest BCUT2D eigenvalue weighted by Gasteiger charge is -2.37. The second-order valence-corrected chi connectivity index (χ2v) is 9.81. The van der Waals surface area contributed by atoms with Crippen molar-refractivity contribution in [3.8, 4) is 0 Å². The van der Waals surface area contributed by atoms with Gasteiger partial charge in [0.05, 0.1) is 5.51 Å². The predicted molar refractivity (Wildman–Crippen MR) is 123 cm³/mol. The van der Waals surface area contributed by atoms with E-state index in [0.717, 1.165) is 39.1 Å². The van der Waals surface area contributed by atoms with Crippen molar-refractivity contribution in [3.05, 3.63) is 52.0 Å². The second-order valence-electron chi connectivity index (χ2n) is 9.09. The van der Waals surface area contributed by atoms with Gasteiger partial charge in [0, 0.05) is 24.5 Å². The molecule has 0 N–H and O–H groups in total. The van der Waals surface area contributed by atoms with Crippen molar-refractivity contribution >= 4 is 17.2 Å². The van der Waals surface area contributed by atoms with Gasteiger partial charge in [0.15, 0.2) is 0 Å². The number of thiazole rings is 1.